The SMILES string of the molecule is NNc1ncc(F)c(N2CCCCCC2CO)n1. The van der Waals surface area contributed by atoms with Crippen molar-refractivity contribution in [1.29, 1.82) is 0 Å². The molecule has 1 aromatic rings. The minimum Gasteiger partial charge on any atom is -0.394 e. The van der Waals surface area contributed by atoms with Gasteiger partial charge in [0.25, 0.3) is 0 Å². The van der Waals surface area contributed by atoms with E-state index in [4.69, 9.17) is 5.84 Å². The molecular weight excluding hydrogens is 237 g/mol. The second kappa shape index (κ2) is 5.92. The van der Waals surface area contributed by atoms with Crippen molar-refractivity contribution in [1.82, 2.24) is 9.97 Å². The summed E-state index contributed by atoms with van der Waals surface area (Å²) in [5.74, 6) is 5.12. The Bertz CT molecular complexity index is 403. The highest BCUT2D eigenvalue weighted by molar-refractivity contribution is 5.44. The molecule has 7 heteroatoms. The third kappa shape index (κ3) is 2.68. The number of nitrogens with one attached hydrogen (secondary N) is 1. The van der Waals surface area contributed by atoms with Crippen LogP contribution in [0.3, 0.4) is 0 Å². The van der Waals surface area contributed by atoms with E-state index in [9.17, 15) is 9.50 Å². The molecular formula is C11H18FN5O. The van der Waals surface area contributed by atoms with Crippen LogP contribution in [0.5, 0.6) is 0 Å². The second-order valence-electron chi connectivity index (χ2n) is 4.39. The lowest BCUT2D eigenvalue weighted by molar-refractivity contribution is 0.254. The van der Waals surface area contributed by atoms with E-state index in [1.54, 1.807) is 0 Å². The molecule has 1 aromatic heterocycles. The van der Waals surface area contributed by atoms with Gasteiger partial charge < -0.3 is 10.0 Å². The maximum absolute atomic E-state index is 13.8. The predicted molar refractivity (Wildman–Crippen MR) is 66.5 cm³/mol. The fraction of sp³-hybridized carbons (Fsp3) is 0.636. The van der Waals surface area contributed by atoms with Crippen molar-refractivity contribution in [2.24, 2.45) is 5.84 Å². The van der Waals surface area contributed by atoms with Gasteiger partial charge in [0.05, 0.1) is 18.8 Å². The van der Waals surface area contributed by atoms with Crippen LogP contribution in [-0.4, -0.2) is 34.3 Å². The van der Waals surface area contributed by atoms with Gasteiger partial charge in [-0.3, -0.25) is 5.43 Å². The minimum atomic E-state index is -0.491. The molecule has 100 valence electrons. The molecule has 1 unspecified atom stereocenters. The summed E-state index contributed by atoms with van der Waals surface area (Å²) in [7, 11) is 0. The molecule has 0 spiro atoms. The Morgan fingerprint density at radius 1 is 1.50 bits per heavy atom. The van der Waals surface area contributed by atoms with Gasteiger partial charge in [-0.05, 0) is 12.8 Å². The fourth-order valence-electron chi connectivity index (χ4n) is 2.28. The molecule has 1 aliphatic rings. The van der Waals surface area contributed by atoms with Crippen LogP contribution in [0.15, 0.2) is 6.20 Å². The van der Waals surface area contributed by atoms with Gasteiger partial charge in [-0.25, -0.2) is 15.2 Å². The van der Waals surface area contributed by atoms with Gasteiger partial charge in [0.2, 0.25) is 5.95 Å². The number of aliphatic hydroxyl groups is 1. The van der Waals surface area contributed by atoms with E-state index in [1.165, 1.54) is 0 Å². The zero-order valence-electron chi connectivity index (χ0n) is 10.1. The molecule has 4 N–H and O–H groups in total. The lowest BCUT2D eigenvalue weighted by Gasteiger charge is -2.29. The highest BCUT2D eigenvalue weighted by atomic mass is 19.1. The number of nitrogen functional groups attached to an aromatic ring is 1. The van der Waals surface area contributed by atoms with Gasteiger partial charge in [0.1, 0.15) is 0 Å². The maximum atomic E-state index is 13.8. The number of anilines is 2. The Morgan fingerprint density at radius 2 is 2.33 bits per heavy atom. The minimum absolute atomic E-state index is 0.00513. The largest absolute Gasteiger partial charge is 0.394 e. The number of nitrogens with zero attached hydrogens (tertiary/aromatic N) is 3. The number of hydrogen-bond donors (Lipinski definition) is 3. The summed E-state index contributed by atoms with van der Waals surface area (Å²) in [6.45, 7) is 0.679. The zero-order valence-corrected chi connectivity index (χ0v) is 10.1. The summed E-state index contributed by atoms with van der Waals surface area (Å²) < 4.78 is 13.8. The van der Waals surface area contributed by atoms with Crippen LogP contribution in [0.2, 0.25) is 0 Å². The highest BCUT2D eigenvalue weighted by Gasteiger charge is 2.24. The zero-order chi connectivity index (χ0) is 13.0. The third-order valence-electron chi connectivity index (χ3n) is 3.21. The van der Waals surface area contributed by atoms with E-state index < -0.39 is 5.82 Å². The van der Waals surface area contributed by atoms with Crippen molar-refractivity contribution in [2.75, 3.05) is 23.5 Å². The number of halogens is 1. The van der Waals surface area contributed by atoms with Gasteiger partial charge in [0, 0.05) is 6.54 Å². The van der Waals surface area contributed by atoms with Crippen LogP contribution in [0.4, 0.5) is 16.2 Å². The molecule has 0 radical (unpaired) electrons. The average Bonchev–Trinajstić information content (AvgIpc) is 2.64. The molecule has 1 fully saturated rings. The quantitative estimate of drug-likeness (QED) is 0.543. The predicted octanol–water partition coefficient (Wildman–Crippen LogP) is 0.643. The van der Waals surface area contributed by atoms with E-state index in [0.717, 1.165) is 31.9 Å². The Labute approximate surface area is 105 Å². The molecule has 0 aromatic carbocycles. The number of aliphatic hydroxyl groups excluding tert-OH is 1. The molecule has 0 saturated carbocycles. The van der Waals surface area contributed by atoms with Crippen molar-refractivity contribution in [3.05, 3.63) is 12.0 Å². The first-order valence-corrected chi connectivity index (χ1v) is 6.13. The van der Waals surface area contributed by atoms with Crippen LogP contribution in [0.1, 0.15) is 25.7 Å². The van der Waals surface area contributed by atoms with E-state index in [-0.39, 0.29) is 24.4 Å². The van der Waals surface area contributed by atoms with Crippen molar-refractivity contribution in [3.8, 4) is 0 Å². The Hall–Kier alpha value is -1.47. The average molecular weight is 255 g/mol. The maximum Gasteiger partial charge on any atom is 0.239 e. The Morgan fingerprint density at radius 3 is 3.06 bits per heavy atom. The molecule has 2 rings (SSSR count). The fourth-order valence-corrected chi connectivity index (χ4v) is 2.28. The molecule has 0 bridgehead atoms. The Balaban J connectivity index is 2.31. The third-order valence-corrected chi connectivity index (χ3v) is 3.21. The summed E-state index contributed by atoms with van der Waals surface area (Å²) in [5.41, 5.74) is 2.30. The molecule has 1 atom stereocenters. The summed E-state index contributed by atoms with van der Waals surface area (Å²) >= 11 is 0. The van der Waals surface area contributed by atoms with Crippen molar-refractivity contribution in [2.45, 2.75) is 31.7 Å². The van der Waals surface area contributed by atoms with Crippen molar-refractivity contribution >= 4 is 11.8 Å². The Kier molecular flexibility index (Phi) is 4.27. The van der Waals surface area contributed by atoms with E-state index in [0.29, 0.717) is 6.54 Å². The molecule has 1 saturated heterocycles. The first-order valence-electron chi connectivity index (χ1n) is 6.13. The second-order valence-corrected chi connectivity index (χ2v) is 4.39. The summed E-state index contributed by atoms with van der Waals surface area (Å²) in [5, 5.41) is 9.42. The van der Waals surface area contributed by atoms with Crippen molar-refractivity contribution in [3.63, 3.8) is 0 Å². The molecule has 6 nitrogen and oxygen atoms in total. The van der Waals surface area contributed by atoms with E-state index in [2.05, 4.69) is 15.4 Å². The molecule has 1 aliphatic heterocycles. The number of hydrazine groups is 1. The van der Waals surface area contributed by atoms with Gasteiger partial charge >= 0.3 is 0 Å². The topological polar surface area (TPSA) is 87.3 Å². The standard InChI is InChI=1S/C11H18FN5O/c12-9-6-14-11(16-13)15-10(9)17-5-3-1-2-4-8(17)7-18/h6,8,18H,1-5,7,13H2,(H,14,15,16). The van der Waals surface area contributed by atoms with Crippen LogP contribution in [0.25, 0.3) is 0 Å². The van der Waals surface area contributed by atoms with Gasteiger partial charge in [0.15, 0.2) is 11.6 Å². The van der Waals surface area contributed by atoms with E-state index in [1.807, 2.05) is 4.90 Å². The normalized spacial score (nSPS) is 20.6. The first-order chi connectivity index (χ1) is 8.76. The van der Waals surface area contributed by atoms with Gasteiger partial charge in [-0.1, -0.05) is 12.8 Å². The lowest BCUT2D eigenvalue weighted by atomic mass is 10.1. The van der Waals surface area contributed by atoms with Gasteiger partial charge in [-0.15, -0.1) is 0 Å². The lowest BCUT2D eigenvalue weighted by Crippen LogP contribution is -2.39. The number of hydrogen-bond acceptors (Lipinski definition) is 6. The molecule has 2 heterocycles. The summed E-state index contributed by atoms with van der Waals surface area (Å²) in [6, 6.07) is -0.0949. The summed E-state index contributed by atoms with van der Waals surface area (Å²) in [4.78, 5) is 9.57. The molecule has 0 amide bonds. The van der Waals surface area contributed by atoms with Crippen molar-refractivity contribution < 1.29 is 9.50 Å². The van der Waals surface area contributed by atoms with E-state index >= 15 is 0 Å². The molecule has 0 aliphatic carbocycles. The number of rotatable bonds is 3. The first kappa shape index (κ1) is 13.0. The number of nitrogens with two attached hydrogens (primary N) is 1. The van der Waals surface area contributed by atoms with Gasteiger partial charge in [-0.2, -0.15) is 4.98 Å². The number of aromatic nitrogens is 2. The smallest absolute Gasteiger partial charge is 0.239 e. The van der Waals surface area contributed by atoms with Crippen LogP contribution in [0, 0.1) is 5.82 Å². The molecule has 18 heavy (non-hydrogen) atoms. The summed E-state index contributed by atoms with van der Waals surface area (Å²) in [6.07, 6.45) is 5.02. The van der Waals surface area contributed by atoms with Crippen LogP contribution < -0.4 is 16.2 Å². The monoisotopic (exact) mass is 255 g/mol. The van der Waals surface area contributed by atoms with Crippen LogP contribution in [-0.2, 0) is 0 Å². The highest BCUT2D eigenvalue weighted by Crippen LogP contribution is 2.25. The van der Waals surface area contributed by atoms with Crippen LogP contribution >= 0.6 is 0 Å².